The van der Waals surface area contributed by atoms with Gasteiger partial charge in [-0.25, -0.2) is 13.1 Å². The molecule has 114 valence electrons. The first-order chi connectivity index (χ1) is 9.90. The Hall–Kier alpha value is -1.62. The SMILES string of the molecule is CCCNC(=O)CCNS(=O)(=O)c1ccc(C#N)c(Cl)c1. The molecule has 0 radical (unpaired) electrons. The summed E-state index contributed by atoms with van der Waals surface area (Å²) in [7, 11) is -3.75. The van der Waals surface area contributed by atoms with Crippen LogP contribution >= 0.6 is 11.6 Å². The van der Waals surface area contributed by atoms with E-state index in [1.165, 1.54) is 18.2 Å². The van der Waals surface area contributed by atoms with Gasteiger partial charge in [0.2, 0.25) is 15.9 Å². The Labute approximate surface area is 129 Å². The van der Waals surface area contributed by atoms with Gasteiger partial charge in [0.1, 0.15) is 6.07 Å². The number of rotatable bonds is 7. The summed E-state index contributed by atoms with van der Waals surface area (Å²) in [6.45, 7) is 2.49. The molecule has 0 aliphatic heterocycles. The molecule has 0 aliphatic carbocycles. The fourth-order valence-electron chi connectivity index (χ4n) is 1.49. The average Bonchev–Trinajstić information content (AvgIpc) is 2.44. The summed E-state index contributed by atoms with van der Waals surface area (Å²) >= 11 is 5.80. The van der Waals surface area contributed by atoms with E-state index in [4.69, 9.17) is 16.9 Å². The molecule has 0 aliphatic rings. The molecule has 21 heavy (non-hydrogen) atoms. The number of hydrogen-bond acceptors (Lipinski definition) is 4. The minimum absolute atomic E-state index is 0.00446. The molecule has 1 amide bonds. The van der Waals surface area contributed by atoms with Crippen molar-refractivity contribution in [3.05, 3.63) is 28.8 Å². The molecular weight excluding hydrogens is 314 g/mol. The predicted molar refractivity (Wildman–Crippen MR) is 79.3 cm³/mol. The number of halogens is 1. The third-order valence-electron chi connectivity index (χ3n) is 2.59. The molecule has 0 saturated heterocycles. The average molecular weight is 330 g/mol. The number of nitrogens with zero attached hydrogens (tertiary/aromatic N) is 1. The van der Waals surface area contributed by atoms with E-state index >= 15 is 0 Å². The highest BCUT2D eigenvalue weighted by Gasteiger charge is 2.15. The van der Waals surface area contributed by atoms with E-state index in [0.29, 0.717) is 6.54 Å². The fourth-order valence-corrected chi connectivity index (χ4v) is 2.83. The van der Waals surface area contributed by atoms with E-state index in [1.807, 2.05) is 13.0 Å². The lowest BCUT2D eigenvalue weighted by Gasteiger charge is -2.08. The summed E-state index contributed by atoms with van der Waals surface area (Å²) in [5.41, 5.74) is 0.203. The summed E-state index contributed by atoms with van der Waals surface area (Å²) in [4.78, 5) is 11.3. The molecule has 0 aromatic heterocycles. The maximum Gasteiger partial charge on any atom is 0.240 e. The summed E-state index contributed by atoms with van der Waals surface area (Å²) in [6, 6.07) is 5.69. The van der Waals surface area contributed by atoms with Gasteiger partial charge >= 0.3 is 0 Å². The Morgan fingerprint density at radius 3 is 2.67 bits per heavy atom. The zero-order chi connectivity index (χ0) is 15.9. The first kappa shape index (κ1) is 17.4. The van der Waals surface area contributed by atoms with Gasteiger partial charge in [-0.3, -0.25) is 4.79 Å². The number of hydrogen-bond donors (Lipinski definition) is 2. The van der Waals surface area contributed by atoms with Crippen LogP contribution in [0.1, 0.15) is 25.3 Å². The highest BCUT2D eigenvalue weighted by molar-refractivity contribution is 7.89. The van der Waals surface area contributed by atoms with E-state index in [0.717, 1.165) is 6.42 Å². The van der Waals surface area contributed by atoms with Crippen LogP contribution in [0.25, 0.3) is 0 Å². The van der Waals surface area contributed by atoms with Gasteiger partial charge in [-0.1, -0.05) is 18.5 Å². The molecule has 8 heteroatoms. The zero-order valence-corrected chi connectivity index (χ0v) is 13.1. The van der Waals surface area contributed by atoms with Crippen LogP contribution in [0.15, 0.2) is 23.1 Å². The number of carbonyl (C=O) groups is 1. The predicted octanol–water partition coefficient (Wildman–Crippen LogP) is 1.41. The lowest BCUT2D eigenvalue weighted by atomic mass is 10.2. The molecule has 1 rings (SSSR count). The van der Waals surface area contributed by atoms with Crippen LogP contribution in [0, 0.1) is 11.3 Å². The highest BCUT2D eigenvalue weighted by atomic mass is 35.5. The van der Waals surface area contributed by atoms with Crippen molar-refractivity contribution >= 4 is 27.5 Å². The number of amides is 1. The van der Waals surface area contributed by atoms with Crippen molar-refractivity contribution in [2.75, 3.05) is 13.1 Å². The van der Waals surface area contributed by atoms with Gasteiger partial charge in [0.05, 0.1) is 15.5 Å². The van der Waals surface area contributed by atoms with Crippen molar-refractivity contribution < 1.29 is 13.2 Å². The lowest BCUT2D eigenvalue weighted by molar-refractivity contribution is -0.120. The van der Waals surface area contributed by atoms with Crippen molar-refractivity contribution in [2.24, 2.45) is 0 Å². The van der Waals surface area contributed by atoms with Crippen LogP contribution in [-0.2, 0) is 14.8 Å². The third-order valence-corrected chi connectivity index (χ3v) is 4.36. The molecule has 1 aromatic carbocycles. The van der Waals surface area contributed by atoms with Crippen LogP contribution in [-0.4, -0.2) is 27.4 Å². The number of sulfonamides is 1. The van der Waals surface area contributed by atoms with E-state index in [1.54, 1.807) is 0 Å². The summed E-state index contributed by atoms with van der Waals surface area (Å²) in [5, 5.41) is 11.5. The van der Waals surface area contributed by atoms with Crippen molar-refractivity contribution in [2.45, 2.75) is 24.7 Å². The zero-order valence-electron chi connectivity index (χ0n) is 11.5. The van der Waals surface area contributed by atoms with Crippen molar-refractivity contribution in [3.63, 3.8) is 0 Å². The molecule has 6 nitrogen and oxygen atoms in total. The van der Waals surface area contributed by atoms with Gasteiger partial charge in [-0.05, 0) is 24.6 Å². The topological polar surface area (TPSA) is 99.1 Å². The Kier molecular flexibility index (Phi) is 6.62. The van der Waals surface area contributed by atoms with Gasteiger partial charge in [-0.2, -0.15) is 5.26 Å². The number of carbonyl (C=O) groups excluding carboxylic acids is 1. The summed E-state index contributed by atoms with van der Waals surface area (Å²) in [6.07, 6.45) is 0.879. The maximum atomic E-state index is 12.0. The van der Waals surface area contributed by atoms with Crippen LogP contribution in [0.5, 0.6) is 0 Å². The fraction of sp³-hybridized carbons (Fsp3) is 0.385. The maximum absolute atomic E-state index is 12.0. The van der Waals surface area contributed by atoms with Crippen LogP contribution in [0.3, 0.4) is 0 Å². The second-order valence-electron chi connectivity index (χ2n) is 4.25. The lowest BCUT2D eigenvalue weighted by Crippen LogP contribution is -2.31. The molecule has 0 fully saturated rings. The number of nitrogens with one attached hydrogen (secondary N) is 2. The smallest absolute Gasteiger partial charge is 0.240 e. The number of nitriles is 1. The molecule has 0 atom stereocenters. The Balaban J connectivity index is 2.64. The van der Waals surface area contributed by atoms with E-state index in [9.17, 15) is 13.2 Å². The standard InChI is InChI=1S/C13H16ClN3O3S/c1-2-6-16-13(18)5-7-17-21(19,20)11-4-3-10(9-15)12(14)8-11/h3-4,8,17H,2,5-7H2,1H3,(H,16,18). The van der Waals surface area contributed by atoms with E-state index in [2.05, 4.69) is 10.0 Å². The largest absolute Gasteiger partial charge is 0.356 e. The van der Waals surface area contributed by atoms with Crippen LogP contribution in [0.4, 0.5) is 0 Å². The third kappa shape index (κ3) is 5.34. The molecule has 2 N–H and O–H groups in total. The molecule has 0 heterocycles. The van der Waals surface area contributed by atoms with Crippen molar-refractivity contribution in [3.8, 4) is 6.07 Å². The van der Waals surface area contributed by atoms with Gasteiger partial charge in [0.25, 0.3) is 0 Å². The summed E-state index contributed by atoms with van der Waals surface area (Å²) in [5.74, 6) is -0.211. The van der Waals surface area contributed by atoms with Crippen molar-refractivity contribution in [1.29, 1.82) is 5.26 Å². The Morgan fingerprint density at radius 2 is 2.10 bits per heavy atom. The van der Waals surface area contributed by atoms with Gasteiger partial charge < -0.3 is 5.32 Å². The molecule has 0 saturated carbocycles. The minimum Gasteiger partial charge on any atom is -0.356 e. The van der Waals surface area contributed by atoms with Crippen LogP contribution < -0.4 is 10.0 Å². The number of benzene rings is 1. The first-order valence-electron chi connectivity index (χ1n) is 6.36. The summed E-state index contributed by atoms with van der Waals surface area (Å²) < 4.78 is 26.3. The molecule has 1 aromatic rings. The molecular formula is C13H16ClN3O3S. The van der Waals surface area contributed by atoms with Gasteiger partial charge in [-0.15, -0.1) is 0 Å². The Bertz CT molecular complexity index is 653. The second-order valence-corrected chi connectivity index (χ2v) is 6.43. The molecule has 0 spiro atoms. The van der Waals surface area contributed by atoms with Crippen molar-refractivity contribution in [1.82, 2.24) is 10.0 Å². The molecule has 0 unspecified atom stereocenters. The van der Waals surface area contributed by atoms with Crippen LogP contribution in [0.2, 0.25) is 5.02 Å². The highest BCUT2D eigenvalue weighted by Crippen LogP contribution is 2.19. The monoisotopic (exact) mass is 329 g/mol. The normalized spacial score (nSPS) is 10.9. The van der Waals surface area contributed by atoms with E-state index < -0.39 is 10.0 Å². The first-order valence-corrected chi connectivity index (χ1v) is 8.23. The quantitative estimate of drug-likeness (QED) is 0.790. The minimum atomic E-state index is -3.75. The second kappa shape index (κ2) is 7.98. The van der Waals surface area contributed by atoms with E-state index in [-0.39, 0.29) is 34.4 Å². The van der Waals surface area contributed by atoms with Gasteiger partial charge in [0.15, 0.2) is 0 Å². The molecule has 0 bridgehead atoms. The Morgan fingerprint density at radius 1 is 1.38 bits per heavy atom. The van der Waals surface area contributed by atoms with Gasteiger partial charge in [0, 0.05) is 19.5 Å².